The minimum Gasteiger partial charge on any atom is -0.356 e. The van der Waals surface area contributed by atoms with Gasteiger partial charge in [0.1, 0.15) is 0 Å². The summed E-state index contributed by atoms with van der Waals surface area (Å²) in [6.45, 7) is 3.13. The fourth-order valence-electron chi connectivity index (χ4n) is 2.66. The van der Waals surface area contributed by atoms with Gasteiger partial charge in [0.15, 0.2) is 5.76 Å². The predicted octanol–water partition coefficient (Wildman–Crippen LogP) is 2.14. The van der Waals surface area contributed by atoms with Gasteiger partial charge in [0.05, 0.1) is 5.69 Å². The molecule has 80 valence electrons. The normalized spacial score (nSPS) is 30.1. The largest absolute Gasteiger partial charge is 0.356 e. The molecular weight excluding hydrogens is 188 g/mol. The summed E-state index contributed by atoms with van der Waals surface area (Å²) >= 11 is 0. The Labute approximate surface area is 89.5 Å². The molecule has 15 heavy (non-hydrogen) atoms. The maximum atomic E-state index is 5.31. The van der Waals surface area contributed by atoms with E-state index in [-0.39, 0.29) is 0 Å². The molecule has 3 nitrogen and oxygen atoms in total. The third-order valence-corrected chi connectivity index (χ3v) is 3.44. The van der Waals surface area contributed by atoms with Gasteiger partial charge in [-0.1, -0.05) is 11.2 Å². The van der Waals surface area contributed by atoms with Gasteiger partial charge in [-0.25, -0.2) is 0 Å². The quantitative estimate of drug-likeness (QED) is 0.761. The van der Waals surface area contributed by atoms with Crippen molar-refractivity contribution >= 4 is 5.57 Å². The monoisotopic (exact) mass is 204 g/mol. The Morgan fingerprint density at radius 1 is 1.53 bits per heavy atom. The maximum absolute atomic E-state index is 5.31. The van der Waals surface area contributed by atoms with Crippen LogP contribution in [0, 0.1) is 12.8 Å². The molecule has 1 fully saturated rings. The van der Waals surface area contributed by atoms with Crippen molar-refractivity contribution in [3.63, 3.8) is 0 Å². The number of rotatable bonds is 1. The average molecular weight is 204 g/mol. The second-order valence-electron chi connectivity index (χ2n) is 4.60. The number of fused-ring (bicyclic) bond motifs is 1. The van der Waals surface area contributed by atoms with Crippen LogP contribution in [0.4, 0.5) is 0 Å². The Morgan fingerprint density at radius 3 is 3.20 bits per heavy atom. The summed E-state index contributed by atoms with van der Waals surface area (Å²) in [5.74, 6) is 1.67. The predicted molar refractivity (Wildman–Crippen MR) is 58.3 cm³/mol. The average Bonchev–Trinajstić information content (AvgIpc) is 2.82. The van der Waals surface area contributed by atoms with Gasteiger partial charge >= 0.3 is 0 Å². The van der Waals surface area contributed by atoms with Crippen LogP contribution in [0.15, 0.2) is 16.7 Å². The molecule has 2 unspecified atom stereocenters. The molecule has 1 aromatic heterocycles. The number of nitrogens with one attached hydrogen (secondary N) is 1. The van der Waals surface area contributed by atoms with Crippen molar-refractivity contribution in [1.82, 2.24) is 10.5 Å². The lowest BCUT2D eigenvalue weighted by atomic mass is 9.94. The molecule has 1 aliphatic heterocycles. The standard InChI is InChI=1S/C12H16N2O/c1-8-5-12(15-14-8)10-6-9-3-2-4-13-11(9)7-10/h5-6,9,11,13H,2-4,7H2,1H3. The van der Waals surface area contributed by atoms with E-state index in [0.717, 1.165) is 24.4 Å². The Morgan fingerprint density at radius 2 is 2.47 bits per heavy atom. The van der Waals surface area contributed by atoms with Gasteiger partial charge in [0, 0.05) is 12.1 Å². The van der Waals surface area contributed by atoms with Crippen LogP contribution < -0.4 is 5.32 Å². The van der Waals surface area contributed by atoms with Crippen molar-refractivity contribution in [3.05, 3.63) is 23.6 Å². The molecular formula is C12H16N2O. The maximum Gasteiger partial charge on any atom is 0.162 e. The molecule has 0 aromatic carbocycles. The lowest BCUT2D eigenvalue weighted by Gasteiger charge is -2.25. The van der Waals surface area contributed by atoms with E-state index in [1.54, 1.807) is 0 Å². The molecule has 1 aliphatic carbocycles. The summed E-state index contributed by atoms with van der Waals surface area (Å²) < 4.78 is 5.31. The zero-order valence-corrected chi connectivity index (χ0v) is 8.99. The summed E-state index contributed by atoms with van der Waals surface area (Å²) in [6, 6.07) is 2.67. The van der Waals surface area contributed by atoms with Gasteiger partial charge in [0.25, 0.3) is 0 Å². The number of hydrogen-bond acceptors (Lipinski definition) is 3. The van der Waals surface area contributed by atoms with Crippen molar-refractivity contribution in [2.45, 2.75) is 32.2 Å². The highest BCUT2D eigenvalue weighted by Gasteiger charge is 2.31. The third kappa shape index (κ3) is 1.61. The van der Waals surface area contributed by atoms with E-state index in [0.29, 0.717) is 12.0 Å². The third-order valence-electron chi connectivity index (χ3n) is 3.44. The SMILES string of the molecule is Cc1cc(C2=CC3CCCNC3C2)on1. The molecule has 0 saturated carbocycles. The summed E-state index contributed by atoms with van der Waals surface area (Å²) in [5, 5.41) is 7.52. The van der Waals surface area contributed by atoms with Crippen molar-refractivity contribution in [1.29, 1.82) is 0 Å². The molecule has 2 aliphatic rings. The Hall–Kier alpha value is -1.09. The number of aromatic nitrogens is 1. The zero-order chi connectivity index (χ0) is 10.3. The molecule has 0 amide bonds. The van der Waals surface area contributed by atoms with E-state index in [2.05, 4.69) is 16.5 Å². The van der Waals surface area contributed by atoms with Crippen LogP contribution in [0.2, 0.25) is 0 Å². The van der Waals surface area contributed by atoms with E-state index in [9.17, 15) is 0 Å². The smallest absolute Gasteiger partial charge is 0.162 e. The molecule has 0 spiro atoms. The van der Waals surface area contributed by atoms with Gasteiger partial charge in [-0.15, -0.1) is 0 Å². The first-order valence-corrected chi connectivity index (χ1v) is 5.71. The topological polar surface area (TPSA) is 38.1 Å². The van der Waals surface area contributed by atoms with E-state index in [4.69, 9.17) is 4.52 Å². The van der Waals surface area contributed by atoms with E-state index in [1.165, 1.54) is 18.4 Å². The second kappa shape index (κ2) is 3.49. The van der Waals surface area contributed by atoms with Crippen molar-refractivity contribution in [2.75, 3.05) is 6.54 Å². The van der Waals surface area contributed by atoms with E-state index in [1.807, 2.05) is 13.0 Å². The number of piperidine rings is 1. The van der Waals surface area contributed by atoms with Gasteiger partial charge in [-0.3, -0.25) is 0 Å². The Balaban J connectivity index is 1.83. The summed E-state index contributed by atoms with van der Waals surface area (Å²) in [6.07, 6.45) is 6.07. The van der Waals surface area contributed by atoms with Gasteiger partial charge in [-0.2, -0.15) is 0 Å². The van der Waals surface area contributed by atoms with Gasteiger partial charge < -0.3 is 9.84 Å². The summed E-state index contributed by atoms with van der Waals surface area (Å²) in [7, 11) is 0. The molecule has 2 atom stereocenters. The first kappa shape index (κ1) is 9.16. The molecule has 1 N–H and O–H groups in total. The fraction of sp³-hybridized carbons (Fsp3) is 0.583. The molecule has 3 heteroatoms. The van der Waals surface area contributed by atoms with Crippen LogP contribution in [0.5, 0.6) is 0 Å². The fourth-order valence-corrected chi connectivity index (χ4v) is 2.66. The molecule has 3 rings (SSSR count). The minimum absolute atomic E-state index is 0.638. The highest BCUT2D eigenvalue weighted by molar-refractivity contribution is 5.65. The summed E-state index contributed by atoms with van der Waals surface area (Å²) in [4.78, 5) is 0. The highest BCUT2D eigenvalue weighted by Crippen LogP contribution is 2.36. The first-order valence-electron chi connectivity index (χ1n) is 5.71. The first-order chi connectivity index (χ1) is 7.33. The Bertz CT molecular complexity index is 394. The second-order valence-corrected chi connectivity index (χ2v) is 4.60. The molecule has 0 radical (unpaired) electrons. The van der Waals surface area contributed by atoms with Crippen LogP contribution >= 0.6 is 0 Å². The van der Waals surface area contributed by atoms with Crippen LogP contribution in [0.1, 0.15) is 30.7 Å². The van der Waals surface area contributed by atoms with Crippen LogP contribution in [-0.4, -0.2) is 17.7 Å². The van der Waals surface area contributed by atoms with Gasteiger partial charge in [0.2, 0.25) is 0 Å². The molecule has 1 aromatic rings. The number of hydrogen-bond donors (Lipinski definition) is 1. The number of nitrogens with zero attached hydrogens (tertiary/aromatic N) is 1. The van der Waals surface area contributed by atoms with Crippen LogP contribution in [0.25, 0.3) is 5.57 Å². The lowest BCUT2D eigenvalue weighted by Crippen LogP contribution is -2.37. The lowest BCUT2D eigenvalue weighted by molar-refractivity contribution is 0.347. The molecule has 2 heterocycles. The zero-order valence-electron chi connectivity index (χ0n) is 8.99. The number of aryl methyl sites for hydroxylation is 1. The van der Waals surface area contributed by atoms with E-state index >= 15 is 0 Å². The summed E-state index contributed by atoms with van der Waals surface area (Å²) in [5.41, 5.74) is 2.30. The van der Waals surface area contributed by atoms with Crippen LogP contribution in [0.3, 0.4) is 0 Å². The molecule has 0 bridgehead atoms. The minimum atomic E-state index is 0.638. The van der Waals surface area contributed by atoms with Gasteiger partial charge in [-0.05, 0) is 44.2 Å². The Kier molecular flexibility index (Phi) is 2.13. The highest BCUT2D eigenvalue weighted by atomic mass is 16.5. The van der Waals surface area contributed by atoms with Crippen molar-refractivity contribution in [3.8, 4) is 0 Å². The van der Waals surface area contributed by atoms with Crippen molar-refractivity contribution in [2.24, 2.45) is 5.92 Å². The van der Waals surface area contributed by atoms with E-state index < -0.39 is 0 Å². The molecule has 1 saturated heterocycles. The van der Waals surface area contributed by atoms with Crippen molar-refractivity contribution < 1.29 is 4.52 Å². The van der Waals surface area contributed by atoms with Crippen LogP contribution in [-0.2, 0) is 0 Å².